The molecule has 13 heavy (non-hydrogen) atoms. The second-order valence-electron chi connectivity index (χ2n) is 2.88. The van der Waals surface area contributed by atoms with Crippen LogP contribution in [0.3, 0.4) is 0 Å². The Balaban J connectivity index is 2.37. The Labute approximate surface area is 77.9 Å². The monoisotopic (exact) mass is 167 g/mol. The Morgan fingerprint density at radius 1 is 1.08 bits per heavy atom. The van der Waals surface area contributed by atoms with E-state index >= 15 is 0 Å². The van der Waals surface area contributed by atoms with Crippen molar-refractivity contribution in [3.05, 3.63) is 66.0 Å². The van der Waals surface area contributed by atoms with Gasteiger partial charge in [0.1, 0.15) is 0 Å². The van der Waals surface area contributed by atoms with Gasteiger partial charge in [-0.3, -0.25) is 0 Å². The summed E-state index contributed by atoms with van der Waals surface area (Å²) in [6.07, 6.45) is 7.34. The van der Waals surface area contributed by atoms with Crippen molar-refractivity contribution in [1.29, 1.82) is 0 Å². The molecule has 0 radical (unpaired) electrons. The predicted octanol–water partition coefficient (Wildman–Crippen LogP) is 2.85. The predicted molar refractivity (Wildman–Crippen MR) is 56.2 cm³/mol. The third-order valence-corrected chi connectivity index (χ3v) is 1.99. The fourth-order valence-corrected chi connectivity index (χ4v) is 1.34. The zero-order valence-electron chi connectivity index (χ0n) is 7.14. The molecular formula is C12H9N. The normalized spacial score (nSPS) is 15.1. The van der Waals surface area contributed by atoms with Gasteiger partial charge in [-0.1, -0.05) is 18.2 Å². The summed E-state index contributed by atoms with van der Waals surface area (Å²) >= 11 is 0. The highest BCUT2D eigenvalue weighted by atomic mass is 14.4. The Kier molecular flexibility index (Phi) is 2.01. The molecule has 1 nitrogen and oxygen atoms in total. The van der Waals surface area contributed by atoms with Crippen LogP contribution in [0, 0.1) is 6.42 Å². The summed E-state index contributed by atoms with van der Waals surface area (Å²) in [5.74, 6) is 0. The zero-order chi connectivity index (χ0) is 9.10. The van der Waals surface area contributed by atoms with Gasteiger partial charge >= 0.3 is 0 Å². The molecular weight excluding hydrogens is 158 g/mol. The molecule has 0 saturated heterocycles. The van der Waals surface area contributed by atoms with Crippen LogP contribution >= 0.6 is 0 Å². The minimum atomic E-state index is 0.328. The first-order chi connectivity index (χ1) is 6.38. The standard InChI is InChI=1S/C12H9N/c13-12-9-5-4-8-11(12)10-6-2-1-3-7-10/h1-9H. The van der Waals surface area contributed by atoms with Gasteiger partial charge in [0, 0.05) is 24.1 Å². The molecule has 0 atom stereocenters. The quantitative estimate of drug-likeness (QED) is 0.574. The maximum Gasteiger partial charge on any atom is 0.0674 e. The fourth-order valence-electron chi connectivity index (χ4n) is 1.34. The molecule has 1 aliphatic carbocycles. The highest BCUT2D eigenvalue weighted by Gasteiger charge is 2.09. The van der Waals surface area contributed by atoms with Gasteiger partial charge in [-0.25, -0.2) is 0 Å². The first-order valence-electron chi connectivity index (χ1n) is 4.21. The lowest BCUT2D eigenvalue weighted by Crippen LogP contribution is -1.99. The van der Waals surface area contributed by atoms with Crippen LogP contribution in [0.4, 0.5) is 0 Å². The van der Waals surface area contributed by atoms with E-state index in [2.05, 4.69) is 0 Å². The van der Waals surface area contributed by atoms with Gasteiger partial charge in [-0.15, -0.1) is 0 Å². The summed E-state index contributed by atoms with van der Waals surface area (Å²) in [4.78, 5) is 0. The maximum atomic E-state index is 9.56. The number of benzene rings is 1. The van der Waals surface area contributed by atoms with Crippen molar-refractivity contribution in [2.24, 2.45) is 0 Å². The molecule has 0 aromatic heterocycles. The summed E-state index contributed by atoms with van der Waals surface area (Å²) in [6, 6.07) is 9.84. The smallest absolute Gasteiger partial charge is 0.0674 e. The lowest BCUT2D eigenvalue weighted by atomic mass is 9.96. The van der Waals surface area contributed by atoms with Gasteiger partial charge in [-0.05, 0) is 17.8 Å². The minimum absolute atomic E-state index is 0.328. The van der Waals surface area contributed by atoms with Crippen LogP contribution in [0.15, 0.2) is 48.6 Å². The van der Waals surface area contributed by atoms with E-state index in [9.17, 15) is 5.41 Å². The molecule has 0 heterocycles. The second kappa shape index (κ2) is 3.31. The van der Waals surface area contributed by atoms with Crippen LogP contribution in [0.2, 0.25) is 0 Å². The third-order valence-electron chi connectivity index (χ3n) is 1.99. The first kappa shape index (κ1) is 7.87. The average molecular weight is 167 g/mol. The van der Waals surface area contributed by atoms with Crippen molar-refractivity contribution >= 4 is 11.3 Å². The second-order valence-corrected chi connectivity index (χ2v) is 2.88. The van der Waals surface area contributed by atoms with E-state index in [0.717, 1.165) is 11.1 Å². The van der Waals surface area contributed by atoms with Crippen molar-refractivity contribution < 1.29 is 0 Å². The van der Waals surface area contributed by atoms with E-state index in [4.69, 9.17) is 0 Å². The van der Waals surface area contributed by atoms with E-state index in [1.807, 2.05) is 48.9 Å². The molecule has 1 aliphatic rings. The largest absolute Gasteiger partial charge is 0.778 e. The average Bonchev–Trinajstić information content (AvgIpc) is 2.20. The molecule has 0 N–H and O–H groups in total. The molecule has 62 valence electrons. The van der Waals surface area contributed by atoms with Gasteiger partial charge in [-0.2, -0.15) is 0 Å². The molecule has 1 heteroatoms. The summed E-state index contributed by atoms with van der Waals surface area (Å²) in [6.45, 7) is 0. The minimum Gasteiger partial charge on any atom is -0.778 e. The topological polar surface area (TPSA) is 22.3 Å². The number of hydrogen-bond acceptors (Lipinski definition) is 0. The van der Waals surface area contributed by atoms with Crippen LogP contribution < -0.4 is 0 Å². The Hall–Kier alpha value is -1.76. The number of hydrogen-bond donors (Lipinski definition) is 0. The Bertz CT molecular complexity index is 371. The highest BCUT2D eigenvalue weighted by molar-refractivity contribution is 6.31. The van der Waals surface area contributed by atoms with Crippen molar-refractivity contribution in [2.45, 2.75) is 0 Å². The Morgan fingerprint density at radius 2 is 1.85 bits per heavy atom. The summed E-state index contributed by atoms with van der Waals surface area (Å²) < 4.78 is 0. The molecule has 0 aliphatic heterocycles. The molecule has 0 spiro atoms. The van der Waals surface area contributed by atoms with Crippen molar-refractivity contribution in [3.63, 3.8) is 0 Å². The molecule has 2 rings (SSSR count). The van der Waals surface area contributed by atoms with Crippen LogP contribution in [-0.4, -0.2) is 5.71 Å². The molecule has 0 fully saturated rings. The van der Waals surface area contributed by atoms with Crippen molar-refractivity contribution in [2.75, 3.05) is 0 Å². The maximum absolute atomic E-state index is 9.56. The van der Waals surface area contributed by atoms with Crippen LogP contribution in [0.5, 0.6) is 0 Å². The van der Waals surface area contributed by atoms with E-state index in [0.29, 0.717) is 5.71 Å². The Morgan fingerprint density at radius 3 is 2.54 bits per heavy atom. The lowest BCUT2D eigenvalue weighted by Gasteiger charge is -2.08. The van der Waals surface area contributed by atoms with Gasteiger partial charge in [0.05, 0.1) is 11.6 Å². The fraction of sp³-hybridized carbons (Fsp3) is 0. The molecule has 0 bridgehead atoms. The van der Waals surface area contributed by atoms with E-state index in [1.54, 1.807) is 6.08 Å². The van der Waals surface area contributed by atoms with E-state index in [1.165, 1.54) is 0 Å². The third kappa shape index (κ3) is 1.54. The molecule has 0 saturated carbocycles. The number of allylic oxidation sites excluding steroid dienone is 4. The number of nitrogens with zero attached hydrogens (tertiary/aromatic N) is 1. The lowest BCUT2D eigenvalue weighted by molar-refractivity contribution is 1.61. The van der Waals surface area contributed by atoms with Gasteiger partial charge < -0.3 is 5.41 Å². The summed E-state index contributed by atoms with van der Waals surface area (Å²) in [5, 5.41) is 9.56. The van der Waals surface area contributed by atoms with Crippen LogP contribution in [0.25, 0.3) is 11.0 Å². The van der Waals surface area contributed by atoms with Gasteiger partial charge in [0.2, 0.25) is 0 Å². The SMILES string of the molecule is [N-]=C1C=C[CH+]C=C1c1ccccc1. The molecule has 0 amide bonds. The highest BCUT2D eigenvalue weighted by Crippen LogP contribution is 2.19. The van der Waals surface area contributed by atoms with Crippen LogP contribution in [-0.2, 0) is 0 Å². The molecule has 1 aromatic carbocycles. The first-order valence-corrected chi connectivity index (χ1v) is 4.21. The van der Waals surface area contributed by atoms with E-state index in [-0.39, 0.29) is 0 Å². The van der Waals surface area contributed by atoms with Crippen molar-refractivity contribution in [1.82, 2.24) is 0 Å². The number of rotatable bonds is 1. The molecule has 1 aromatic rings. The van der Waals surface area contributed by atoms with E-state index < -0.39 is 0 Å². The summed E-state index contributed by atoms with van der Waals surface area (Å²) in [5.41, 5.74) is 2.25. The summed E-state index contributed by atoms with van der Waals surface area (Å²) in [7, 11) is 0. The molecule has 0 unspecified atom stereocenters. The van der Waals surface area contributed by atoms with Crippen molar-refractivity contribution in [3.8, 4) is 0 Å². The van der Waals surface area contributed by atoms with Crippen LogP contribution in [0.1, 0.15) is 5.56 Å². The van der Waals surface area contributed by atoms with Gasteiger partial charge in [0.25, 0.3) is 0 Å². The zero-order valence-corrected chi connectivity index (χ0v) is 7.14. The van der Waals surface area contributed by atoms with Gasteiger partial charge in [0.15, 0.2) is 0 Å².